The van der Waals surface area contributed by atoms with Crippen LogP contribution in [-0.2, 0) is 0 Å². The van der Waals surface area contributed by atoms with Crippen LogP contribution >= 0.6 is 9.24 Å². The first-order chi connectivity index (χ1) is 8.77. The Morgan fingerprint density at radius 2 is 1.83 bits per heavy atom. The molecule has 1 heteroatoms. The lowest BCUT2D eigenvalue weighted by Gasteiger charge is -2.55. The number of hydrogen-bond acceptors (Lipinski definition) is 0. The van der Waals surface area contributed by atoms with E-state index in [2.05, 4.69) is 16.2 Å². The third-order valence-corrected chi connectivity index (χ3v) is 9.28. The molecular weight excluding hydrogens is 235 g/mol. The molecular formula is C17H27P. The summed E-state index contributed by atoms with van der Waals surface area (Å²) in [7, 11) is 3.21. The molecule has 0 N–H and O–H groups in total. The fraction of sp³-hybridized carbons (Fsp3) is 1.00. The molecule has 0 nitrogen and oxygen atoms in total. The monoisotopic (exact) mass is 262 g/mol. The number of hydrogen-bond donors (Lipinski definition) is 0. The standard InChI is InChI=1S/C17H27P/c1-2-16(4-3-10-8-14(10)16)17(9-18)13-6-11-5-12(7-13)15(11)17/h10-15H,2-9,18H2,1H3. The Morgan fingerprint density at radius 3 is 2.22 bits per heavy atom. The van der Waals surface area contributed by atoms with E-state index in [1.54, 1.807) is 38.5 Å². The zero-order chi connectivity index (χ0) is 12.1. The average molecular weight is 262 g/mol. The maximum Gasteiger partial charge on any atom is -0.0142 e. The average Bonchev–Trinajstić information content (AvgIpc) is 2.96. The van der Waals surface area contributed by atoms with Crippen molar-refractivity contribution in [1.82, 2.24) is 0 Å². The normalized spacial score (nSPS) is 67.0. The van der Waals surface area contributed by atoms with Gasteiger partial charge in [0.2, 0.25) is 0 Å². The molecule has 0 saturated heterocycles. The predicted octanol–water partition coefficient (Wildman–Crippen LogP) is 4.35. The minimum Gasteiger partial charge on any atom is -0.137 e. The van der Waals surface area contributed by atoms with Gasteiger partial charge in [-0.05, 0) is 97.4 Å². The van der Waals surface area contributed by atoms with E-state index in [1.165, 1.54) is 18.5 Å². The summed E-state index contributed by atoms with van der Waals surface area (Å²) in [5.41, 5.74) is 1.58. The Bertz CT molecular complexity index is 392. The minimum absolute atomic E-state index is 0.788. The van der Waals surface area contributed by atoms with Crippen LogP contribution in [0.4, 0.5) is 0 Å². The maximum atomic E-state index is 3.21. The van der Waals surface area contributed by atoms with Crippen molar-refractivity contribution in [2.24, 2.45) is 46.3 Å². The fourth-order valence-corrected chi connectivity index (χ4v) is 9.19. The molecule has 0 aromatic heterocycles. The van der Waals surface area contributed by atoms with Gasteiger partial charge < -0.3 is 0 Å². The van der Waals surface area contributed by atoms with E-state index in [-0.39, 0.29) is 0 Å². The topological polar surface area (TPSA) is 0 Å². The van der Waals surface area contributed by atoms with E-state index in [9.17, 15) is 0 Å². The minimum atomic E-state index is 0.788. The molecule has 18 heavy (non-hydrogen) atoms. The molecule has 0 radical (unpaired) electrons. The largest absolute Gasteiger partial charge is 0.137 e. The van der Waals surface area contributed by atoms with Crippen LogP contribution in [0.25, 0.3) is 0 Å². The van der Waals surface area contributed by atoms with E-state index >= 15 is 0 Å². The molecule has 2 bridgehead atoms. The second kappa shape index (κ2) is 3.19. The SMILES string of the molecule is CCC1(C2(CP)C3CC4CC(C3)C42)CCC2CC21. The molecule has 5 aliphatic rings. The molecule has 0 heterocycles. The lowest BCUT2D eigenvalue weighted by atomic mass is 9.51. The zero-order valence-electron chi connectivity index (χ0n) is 11.7. The van der Waals surface area contributed by atoms with Crippen LogP contribution in [0.15, 0.2) is 0 Å². The van der Waals surface area contributed by atoms with Crippen molar-refractivity contribution in [2.75, 3.05) is 6.16 Å². The molecule has 0 aromatic rings. The van der Waals surface area contributed by atoms with Crippen molar-refractivity contribution in [3.8, 4) is 0 Å². The van der Waals surface area contributed by atoms with Crippen LogP contribution in [0.3, 0.4) is 0 Å². The van der Waals surface area contributed by atoms with Crippen molar-refractivity contribution in [1.29, 1.82) is 0 Å². The Kier molecular flexibility index (Phi) is 1.97. The van der Waals surface area contributed by atoms with Gasteiger partial charge >= 0.3 is 0 Å². The fourth-order valence-electron chi connectivity index (χ4n) is 8.18. The summed E-state index contributed by atoms with van der Waals surface area (Å²) in [5, 5.41) is 0. The highest BCUT2D eigenvalue weighted by Crippen LogP contribution is 2.83. The van der Waals surface area contributed by atoms with Crippen LogP contribution in [0.2, 0.25) is 0 Å². The summed E-state index contributed by atoms with van der Waals surface area (Å²) < 4.78 is 0. The molecule has 5 aliphatic carbocycles. The Balaban J connectivity index is 1.64. The van der Waals surface area contributed by atoms with Crippen LogP contribution in [0.1, 0.15) is 51.9 Å². The van der Waals surface area contributed by atoms with Gasteiger partial charge in [0, 0.05) is 0 Å². The van der Waals surface area contributed by atoms with Crippen molar-refractivity contribution in [3.05, 3.63) is 0 Å². The van der Waals surface area contributed by atoms with E-state index in [0.717, 1.165) is 40.4 Å². The van der Waals surface area contributed by atoms with E-state index < -0.39 is 0 Å². The molecule has 0 amide bonds. The summed E-state index contributed by atoms with van der Waals surface area (Å²) in [5.74, 6) is 6.94. The maximum absolute atomic E-state index is 3.21. The van der Waals surface area contributed by atoms with E-state index in [1.807, 2.05) is 0 Å². The molecule has 5 saturated carbocycles. The first kappa shape index (κ1) is 11.1. The van der Waals surface area contributed by atoms with Gasteiger partial charge in [-0.3, -0.25) is 0 Å². The van der Waals surface area contributed by atoms with Crippen molar-refractivity contribution < 1.29 is 0 Å². The Hall–Kier alpha value is 0.430. The van der Waals surface area contributed by atoms with Crippen LogP contribution < -0.4 is 0 Å². The highest BCUT2D eigenvalue weighted by molar-refractivity contribution is 7.16. The quantitative estimate of drug-likeness (QED) is 0.663. The van der Waals surface area contributed by atoms with Gasteiger partial charge in [-0.1, -0.05) is 6.92 Å². The highest BCUT2D eigenvalue weighted by Gasteiger charge is 2.76. The number of rotatable bonds is 3. The molecule has 100 valence electrons. The first-order valence-corrected chi connectivity index (χ1v) is 9.28. The molecule has 0 aliphatic heterocycles. The van der Waals surface area contributed by atoms with Gasteiger partial charge in [0.05, 0.1) is 0 Å². The number of fused-ring (bicyclic) bond motifs is 2. The predicted molar refractivity (Wildman–Crippen MR) is 78.4 cm³/mol. The van der Waals surface area contributed by atoms with Crippen molar-refractivity contribution in [3.63, 3.8) is 0 Å². The van der Waals surface area contributed by atoms with Gasteiger partial charge in [0.15, 0.2) is 0 Å². The third kappa shape index (κ3) is 0.914. The molecule has 0 spiro atoms. The van der Waals surface area contributed by atoms with Crippen LogP contribution in [0.5, 0.6) is 0 Å². The summed E-state index contributed by atoms with van der Waals surface area (Å²) in [4.78, 5) is 0. The summed E-state index contributed by atoms with van der Waals surface area (Å²) in [6.45, 7) is 2.53. The summed E-state index contributed by atoms with van der Waals surface area (Å²) >= 11 is 0. The summed E-state index contributed by atoms with van der Waals surface area (Å²) in [6.07, 6.45) is 12.6. The highest BCUT2D eigenvalue weighted by atomic mass is 31.0. The second-order valence-electron chi connectivity index (χ2n) is 8.35. The lowest BCUT2D eigenvalue weighted by molar-refractivity contribution is -0.0490. The van der Waals surface area contributed by atoms with Gasteiger partial charge in [-0.15, -0.1) is 9.24 Å². The first-order valence-electron chi connectivity index (χ1n) is 8.47. The molecule has 5 rings (SSSR count). The van der Waals surface area contributed by atoms with E-state index in [4.69, 9.17) is 0 Å². The third-order valence-electron chi connectivity index (χ3n) is 8.61. The summed E-state index contributed by atoms with van der Waals surface area (Å²) in [6, 6.07) is 0. The molecule has 7 atom stereocenters. The van der Waals surface area contributed by atoms with E-state index in [0.29, 0.717) is 0 Å². The molecule has 5 fully saturated rings. The molecule has 0 aromatic carbocycles. The van der Waals surface area contributed by atoms with Gasteiger partial charge in [0.1, 0.15) is 0 Å². The smallest absolute Gasteiger partial charge is 0.0142 e. The van der Waals surface area contributed by atoms with Crippen LogP contribution in [0, 0.1) is 46.3 Å². The molecule has 7 unspecified atom stereocenters. The van der Waals surface area contributed by atoms with Crippen molar-refractivity contribution >= 4 is 9.24 Å². The Labute approximate surface area is 114 Å². The van der Waals surface area contributed by atoms with Crippen LogP contribution in [-0.4, -0.2) is 6.16 Å². The lowest BCUT2D eigenvalue weighted by Crippen LogP contribution is -2.50. The van der Waals surface area contributed by atoms with Gasteiger partial charge in [-0.25, -0.2) is 0 Å². The van der Waals surface area contributed by atoms with Crippen molar-refractivity contribution in [2.45, 2.75) is 51.9 Å². The van der Waals surface area contributed by atoms with Gasteiger partial charge in [-0.2, -0.15) is 0 Å². The second-order valence-corrected chi connectivity index (χ2v) is 8.75. The Morgan fingerprint density at radius 1 is 1.06 bits per heavy atom. The zero-order valence-corrected chi connectivity index (χ0v) is 12.9. The van der Waals surface area contributed by atoms with Gasteiger partial charge in [0.25, 0.3) is 0 Å².